The molecule has 1 aromatic rings. The zero-order valence-corrected chi connectivity index (χ0v) is 13.4. The summed E-state index contributed by atoms with van der Waals surface area (Å²) in [6.45, 7) is 2.73. The van der Waals surface area contributed by atoms with Crippen LogP contribution in [0, 0.1) is 0 Å². The van der Waals surface area contributed by atoms with E-state index < -0.39 is 0 Å². The van der Waals surface area contributed by atoms with Crippen molar-refractivity contribution in [2.45, 2.75) is 56.6 Å². The molecule has 23 heavy (non-hydrogen) atoms. The van der Waals surface area contributed by atoms with Gasteiger partial charge < -0.3 is 14.6 Å². The number of rotatable bonds is 6. The first kappa shape index (κ1) is 15.1. The number of hydrogen-bond acceptors (Lipinski definition) is 6. The number of hydrogen-bond donors (Lipinski definition) is 1. The Morgan fingerprint density at radius 2 is 2.17 bits per heavy atom. The predicted molar refractivity (Wildman–Crippen MR) is 81.8 cm³/mol. The summed E-state index contributed by atoms with van der Waals surface area (Å²) in [6.07, 6.45) is 6.68. The summed E-state index contributed by atoms with van der Waals surface area (Å²) < 4.78 is 10.9. The standard InChI is InChI=1S/C16H24N4O3/c21-14(17-9-12-3-2-8-22-12)10-20-7-1-4-13(20)15-18-16(23-19-15)11-5-6-11/h11-13H,1-10H2,(H,17,21)/t12-,13-/m1/s1. The van der Waals surface area contributed by atoms with E-state index in [0.29, 0.717) is 19.0 Å². The number of likely N-dealkylation sites (tertiary alicyclic amines) is 1. The first-order chi connectivity index (χ1) is 11.3. The van der Waals surface area contributed by atoms with Gasteiger partial charge in [-0.1, -0.05) is 5.16 Å². The van der Waals surface area contributed by atoms with Gasteiger partial charge in [0, 0.05) is 19.1 Å². The van der Waals surface area contributed by atoms with E-state index in [1.165, 1.54) is 0 Å². The van der Waals surface area contributed by atoms with Crippen molar-refractivity contribution in [2.75, 3.05) is 26.2 Å². The third kappa shape index (κ3) is 3.55. The van der Waals surface area contributed by atoms with Crippen LogP contribution in [0.1, 0.15) is 62.2 Å². The fourth-order valence-electron chi connectivity index (χ4n) is 3.46. The molecule has 1 N–H and O–H groups in total. The van der Waals surface area contributed by atoms with Crippen molar-refractivity contribution in [1.82, 2.24) is 20.4 Å². The van der Waals surface area contributed by atoms with E-state index in [1.807, 2.05) is 0 Å². The maximum absolute atomic E-state index is 12.2. The lowest BCUT2D eigenvalue weighted by Crippen LogP contribution is -2.40. The Balaban J connectivity index is 1.30. The van der Waals surface area contributed by atoms with Crippen molar-refractivity contribution in [3.8, 4) is 0 Å². The third-order valence-electron chi connectivity index (χ3n) is 4.94. The molecule has 4 rings (SSSR count). The van der Waals surface area contributed by atoms with Gasteiger partial charge in [-0.15, -0.1) is 0 Å². The number of carbonyl (C=O) groups excluding carboxylic acids is 1. The number of nitrogens with one attached hydrogen (secondary N) is 1. The predicted octanol–water partition coefficient (Wildman–Crippen LogP) is 1.38. The highest BCUT2D eigenvalue weighted by Gasteiger charge is 2.34. The summed E-state index contributed by atoms with van der Waals surface area (Å²) in [5, 5.41) is 7.13. The van der Waals surface area contributed by atoms with Gasteiger partial charge in [0.1, 0.15) is 0 Å². The zero-order chi connectivity index (χ0) is 15.6. The van der Waals surface area contributed by atoms with Gasteiger partial charge in [-0.3, -0.25) is 9.69 Å². The molecule has 7 heteroatoms. The lowest BCUT2D eigenvalue weighted by atomic mass is 10.2. The maximum Gasteiger partial charge on any atom is 0.234 e. The van der Waals surface area contributed by atoms with Crippen LogP contribution >= 0.6 is 0 Å². The SMILES string of the molecule is O=C(CN1CCC[C@@H]1c1noc(C2CC2)n1)NC[C@H]1CCCO1. The van der Waals surface area contributed by atoms with E-state index in [1.54, 1.807) is 0 Å². The smallest absolute Gasteiger partial charge is 0.234 e. The Hall–Kier alpha value is -1.47. The van der Waals surface area contributed by atoms with E-state index in [2.05, 4.69) is 20.4 Å². The average molecular weight is 320 g/mol. The molecule has 0 radical (unpaired) electrons. The van der Waals surface area contributed by atoms with Gasteiger partial charge in [0.05, 0.1) is 18.7 Å². The van der Waals surface area contributed by atoms with Gasteiger partial charge in [-0.25, -0.2) is 0 Å². The minimum atomic E-state index is 0.0540. The second kappa shape index (κ2) is 6.57. The molecule has 0 aromatic carbocycles. The van der Waals surface area contributed by atoms with Crippen LogP contribution in [-0.2, 0) is 9.53 Å². The molecule has 0 unspecified atom stereocenters. The second-order valence-corrected chi connectivity index (χ2v) is 6.83. The number of carbonyl (C=O) groups is 1. The highest BCUT2D eigenvalue weighted by molar-refractivity contribution is 5.78. The van der Waals surface area contributed by atoms with Gasteiger partial charge in [-0.2, -0.15) is 4.98 Å². The molecule has 0 spiro atoms. The lowest BCUT2D eigenvalue weighted by Gasteiger charge is -2.21. The summed E-state index contributed by atoms with van der Waals surface area (Å²) >= 11 is 0. The van der Waals surface area contributed by atoms with Gasteiger partial charge in [-0.05, 0) is 45.1 Å². The lowest BCUT2D eigenvalue weighted by molar-refractivity contribution is -0.123. The van der Waals surface area contributed by atoms with E-state index in [9.17, 15) is 4.79 Å². The Morgan fingerprint density at radius 3 is 2.96 bits per heavy atom. The second-order valence-electron chi connectivity index (χ2n) is 6.83. The molecular formula is C16H24N4O3. The van der Waals surface area contributed by atoms with Crippen molar-refractivity contribution < 1.29 is 14.1 Å². The maximum atomic E-state index is 12.2. The molecule has 1 amide bonds. The van der Waals surface area contributed by atoms with Crippen molar-refractivity contribution in [3.63, 3.8) is 0 Å². The summed E-state index contributed by atoms with van der Waals surface area (Å²) in [4.78, 5) is 18.9. The minimum Gasteiger partial charge on any atom is -0.376 e. The van der Waals surface area contributed by atoms with Crippen LogP contribution in [0.5, 0.6) is 0 Å². The highest BCUT2D eigenvalue weighted by atomic mass is 16.5. The monoisotopic (exact) mass is 320 g/mol. The van der Waals surface area contributed by atoms with E-state index in [4.69, 9.17) is 9.26 Å². The van der Waals surface area contributed by atoms with Crippen LogP contribution in [-0.4, -0.2) is 53.3 Å². The molecule has 3 heterocycles. The van der Waals surface area contributed by atoms with E-state index >= 15 is 0 Å². The molecule has 1 aromatic heterocycles. The highest BCUT2D eigenvalue weighted by Crippen LogP contribution is 2.40. The summed E-state index contributed by atoms with van der Waals surface area (Å²) in [5.41, 5.74) is 0. The topological polar surface area (TPSA) is 80.5 Å². The summed E-state index contributed by atoms with van der Waals surface area (Å²) in [6, 6.07) is 0.111. The molecule has 7 nitrogen and oxygen atoms in total. The van der Waals surface area contributed by atoms with Crippen LogP contribution in [0.25, 0.3) is 0 Å². The average Bonchev–Trinajstić information content (AvgIpc) is 2.99. The largest absolute Gasteiger partial charge is 0.376 e. The van der Waals surface area contributed by atoms with Crippen LogP contribution in [0.15, 0.2) is 4.52 Å². The van der Waals surface area contributed by atoms with Crippen LogP contribution in [0.3, 0.4) is 0 Å². The van der Waals surface area contributed by atoms with Crippen LogP contribution in [0.4, 0.5) is 0 Å². The molecule has 2 saturated heterocycles. The first-order valence-electron chi connectivity index (χ1n) is 8.75. The van der Waals surface area contributed by atoms with Crippen molar-refractivity contribution in [2.24, 2.45) is 0 Å². The summed E-state index contributed by atoms with van der Waals surface area (Å²) in [7, 11) is 0. The fraction of sp³-hybridized carbons (Fsp3) is 0.812. The van der Waals surface area contributed by atoms with E-state index in [-0.39, 0.29) is 18.1 Å². The Morgan fingerprint density at radius 1 is 1.26 bits per heavy atom. The molecule has 3 aliphatic rings. The normalized spacial score (nSPS) is 28.3. The molecule has 3 fully saturated rings. The molecule has 1 saturated carbocycles. The van der Waals surface area contributed by atoms with Crippen LogP contribution in [0.2, 0.25) is 0 Å². The minimum absolute atomic E-state index is 0.0540. The Bertz CT molecular complexity index is 551. The fourth-order valence-corrected chi connectivity index (χ4v) is 3.46. The van der Waals surface area contributed by atoms with Gasteiger partial charge >= 0.3 is 0 Å². The summed E-state index contributed by atoms with van der Waals surface area (Å²) in [5.74, 6) is 2.05. The Kier molecular flexibility index (Phi) is 4.31. The number of nitrogens with zero attached hydrogens (tertiary/aromatic N) is 3. The Labute approximate surface area is 135 Å². The first-order valence-corrected chi connectivity index (χ1v) is 8.75. The van der Waals surface area contributed by atoms with Crippen molar-refractivity contribution in [1.29, 1.82) is 0 Å². The molecule has 2 aliphatic heterocycles. The van der Waals surface area contributed by atoms with Gasteiger partial charge in [0.2, 0.25) is 11.8 Å². The number of ether oxygens (including phenoxy) is 1. The number of amides is 1. The van der Waals surface area contributed by atoms with E-state index in [0.717, 1.165) is 63.4 Å². The van der Waals surface area contributed by atoms with Crippen molar-refractivity contribution in [3.05, 3.63) is 11.7 Å². The van der Waals surface area contributed by atoms with Gasteiger partial charge in [0.25, 0.3) is 0 Å². The molecular weight excluding hydrogens is 296 g/mol. The molecule has 0 bridgehead atoms. The molecule has 1 aliphatic carbocycles. The third-order valence-corrected chi connectivity index (χ3v) is 4.94. The van der Waals surface area contributed by atoms with Crippen molar-refractivity contribution >= 4 is 5.91 Å². The number of aromatic nitrogens is 2. The molecule has 126 valence electrons. The van der Waals surface area contributed by atoms with Crippen LogP contribution < -0.4 is 5.32 Å². The zero-order valence-electron chi connectivity index (χ0n) is 13.4. The van der Waals surface area contributed by atoms with Gasteiger partial charge in [0.15, 0.2) is 5.82 Å². The quantitative estimate of drug-likeness (QED) is 0.853. The molecule has 2 atom stereocenters.